The highest BCUT2D eigenvalue weighted by Gasteiger charge is 2.10. The van der Waals surface area contributed by atoms with Crippen molar-refractivity contribution < 1.29 is 13.9 Å². The molecule has 21 heavy (non-hydrogen) atoms. The first kappa shape index (κ1) is 16.0. The summed E-state index contributed by atoms with van der Waals surface area (Å²) in [5.74, 6) is -0.583. The van der Waals surface area contributed by atoms with Gasteiger partial charge in [-0.25, -0.2) is 4.39 Å². The van der Waals surface area contributed by atoms with E-state index in [1.54, 1.807) is 6.07 Å². The molecule has 0 saturated carbocycles. The number of nitrogens with one attached hydrogen (secondary N) is 2. The molecule has 1 heterocycles. The van der Waals surface area contributed by atoms with Gasteiger partial charge in [-0.05, 0) is 18.2 Å². The monoisotopic (exact) mass is 315 g/mol. The van der Waals surface area contributed by atoms with Crippen LogP contribution < -0.4 is 10.6 Å². The average Bonchev–Trinajstić information content (AvgIpc) is 2.49. The molecule has 0 aliphatic carbocycles. The molecule has 5 nitrogen and oxygen atoms in total. The van der Waals surface area contributed by atoms with Crippen molar-refractivity contribution in [1.82, 2.24) is 10.2 Å². The summed E-state index contributed by atoms with van der Waals surface area (Å²) < 4.78 is 18.2. The van der Waals surface area contributed by atoms with Crippen LogP contribution in [-0.4, -0.2) is 56.7 Å². The van der Waals surface area contributed by atoms with Gasteiger partial charge in [-0.3, -0.25) is 9.69 Å². The third-order valence-corrected chi connectivity index (χ3v) is 3.52. The summed E-state index contributed by atoms with van der Waals surface area (Å²) in [6.07, 6.45) is 0. The number of ether oxygens (including phenoxy) is 1. The van der Waals surface area contributed by atoms with Crippen LogP contribution in [0, 0.1) is 5.82 Å². The van der Waals surface area contributed by atoms with Crippen LogP contribution in [-0.2, 0) is 9.53 Å². The molecule has 1 aromatic carbocycles. The van der Waals surface area contributed by atoms with Crippen molar-refractivity contribution in [3.63, 3.8) is 0 Å². The van der Waals surface area contributed by atoms with Crippen LogP contribution in [0.4, 0.5) is 10.1 Å². The molecule has 0 atom stereocenters. The van der Waals surface area contributed by atoms with E-state index in [9.17, 15) is 9.18 Å². The Morgan fingerprint density at radius 1 is 1.38 bits per heavy atom. The van der Waals surface area contributed by atoms with E-state index in [0.717, 1.165) is 32.8 Å². The topological polar surface area (TPSA) is 53.6 Å². The number of nitrogens with zero attached hydrogens (tertiary/aromatic N) is 1. The third kappa shape index (κ3) is 5.49. The summed E-state index contributed by atoms with van der Waals surface area (Å²) in [5.41, 5.74) is 0.615. The minimum absolute atomic E-state index is 0.0349. The Balaban J connectivity index is 1.63. The minimum atomic E-state index is -0.475. The van der Waals surface area contributed by atoms with Gasteiger partial charge in [0.05, 0.1) is 24.8 Å². The molecule has 2 rings (SSSR count). The first-order chi connectivity index (χ1) is 10.1. The van der Waals surface area contributed by atoms with Crippen LogP contribution in [0.2, 0.25) is 5.02 Å². The molecule has 2 N–H and O–H groups in total. The molecule has 1 fully saturated rings. The van der Waals surface area contributed by atoms with Crippen molar-refractivity contribution in [2.24, 2.45) is 0 Å². The summed E-state index contributed by atoms with van der Waals surface area (Å²) in [7, 11) is 0. The fourth-order valence-corrected chi connectivity index (χ4v) is 2.21. The molecule has 0 aromatic heterocycles. The van der Waals surface area contributed by atoms with E-state index in [-0.39, 0.29) is 17.5 Å². The van der Waals surface area contributed by atoms with Crippen molar-refractivity contribution >= 4 is 23.2 Å². The highest BCUT2D eigenvalue weighted by molar-refractivity contribution is 6.31. The Bertz CT molecular complexity index is 481. The van der Waals surface area contributed by atoms with Gasteiger partial charge in [-0.2, -0.15) is 0 Å². The Morgan fingerprint density at radius 3 is 2.86 bits per heavy atom. The summed E-state index contributed by atoms with van der Waals surface area (Å²) in [5, 5.41) is 5.77. The van der Waals surface area contributed by atoms with Crippen LogP contribution in [0.15, 0.2) is 18.2 Å². The predicted molar refractivity (Wildman–Crippen MR) is 80.2 cm³/mol. The molecule has 0 bridgehead atoms. The first-order valence-corrected chi connectivity index (χ1v) is 7.28. The zero-order valence-corrected chi connectivity index (χ0v) is 12.5. The quantitative estimate of drug-likeness (QED) is 0.832. The smallest absolute Gasteiger partial charge is 0.239 e. The number of rotatable bonds is 6. The standard InChI is InChI=1S/C14H19ClFN3O2/c15-12-9-11(1-2-13(12)16)18-10-14(20)17-3-4-19-5-7-21-8-6-19/h1-2,9,18H,3-8,10H2,(H,17,20). The van der Waals surface area contributed by atoms with Gasteiger partial charge in [-0.1, -0.05) is 11.6 Å². The van der Waals surface area contributed by atoms with Crippen molar-refractivity contribution in [2.75, 3.05) is 51.3 Å². The summed E-state index contributed by atoms with van der Waals surface area (Å²) in [6, 6.07) is 4.27. The average molecular weight is 316 g/mol. The normalized spacial score (nSPS) is 15.7. The van der Waals surface area contributed by atoms with E-state index >= 15 is 0 Å². The maximum atomic E-state index is 13.0. The van der Waals surface area contributed by atoms with Crippen molar-refractivity contribution in [1.29, 1.82) is 0 Å². The second kappa shape index (κ2) is 8.17. The van der Waals surface area contributed by atoms with Crippen molar-refractivity contribution in [3.05, 3.63) is 29.0 Å². The van der Waals surface area contributed by atoms with E-state index in [1.165, 1.54) is 12.1 Å². The number of anilines is 1. The Morgan fingerprint density at radius 2 is 2.14 bits per heavy atom. The van der Waals surface area contributed by atoms with Gasteiger partial charge in [0.2, 0.25) is 5.91 Å². The highest BCUT2D eigenvalue weighted by atomic mass is 35.5. The van der Waals surface area contributed by atoms with Crippen LogP contribution in [0.1, 0.15) is 0 Å². The van der Waals surface area contributed by atoms with Crippen LogP contribution in [0.5, 0.6) is 0 Å². The Kier molecular flexibility index (Phi) is 6.22. The zero-order chi connectivity index (χ0) is 15.1. The van der Waals surface area contributed by atoms with Crippen molar-refractivity contribution in [2.45, 2.75) is 0 Å². The minimum Gasteiger partial charge on any atom is -0.379 e. The lowest BCUT2D eigenvalue weighted by molar-refractivity contribution is -0.119. The maximum Gasteiger partial charge on any atom is 0.239 e. The number of hydrogen-bond donors (Lipinski definition) is 2. The largest absolute Gasteiger partial charge is 0.379 e. The van der Waals surface area contributed by atoms with E-state index < -0.39 is 5.82 Å². The van der Waals surface area contributed by atoms with E-state index in [0.29, 0.717) is 12.2 Å². The van der Waals surface area contributed by atoms with Crippen molar-refractivity contribution in [3.8, 4) is 0 Å². The Labute approximate surface area is 128 Å². The second-order valence-corrected chi connectivity index (χ2v) is 5.19. The number of amides is 1. The number of morpholine rings is 1. The molecular weight excluding hydrogens is 297 g/mol. The molecule has 1 amide bonds. The summed E-state index contributed by atoms with van der Waals surface area (Å²) >= 11 is 5.67. The molecule has 1 aliphatic rings. The van der Waals surface area contributed by atoms with Gasteiger partial charge in [0, 0.05) is 31.9 Å². The number of halogens is 2. The molecule has 116 valence electrons. The lowest BCUT2D eigenvalue weighted by atomic mass is 10.3. The second-order valence-electron chi connectivity index (χ2n) is 4.79. The van der Waals surface area contributed by atoms with Gasteiger partial charge in [0.25, 0.3) is 0 Å². The number of carbonyl (C=O) groups excluding carboxylic acids is 1. The van der Waals surface area contributed by atoms with Gasteiger partial charge >= 0.3 is 0 Å². The fraction of sp³-hybridized carbons (Fsp3) is 0.500. The fourth-order valence-electron chi connectivity index (χ4n) is 2.03. The lowest BCUT2D eigenvalue weighted by Crippen LogP contribution is -2.42. The maximum absolute atomic E-state index is 13.0. The van der Waals surface area contributed by atoms with E-state index in [4.69, 9.17) is 16.3 Å². The molecule has 1 aromatic rings. The molecule has 1 saturated heterocycles. The number of hydrogen-bond acceptors (Lipinski definition) is 4. The van der Waals surface area contributed by atoms with E-state index in [1.807, 2.05) is 0 Å². The molecule has 0 unspecified atom stereocenters. The number of benzene rings is 1. The van der Waals surface area contributed by atoms with Crippen LogP contribution in [0.3, 0.4) is 0 Å². The zero-order valence-electron chi connectivity index (χ0n) is 11.7. The summed E-state index contributed by atoms with van der Waals surface area (Å²) in [6.45, 7) is 4.86. The lowest BCUT2D eigenvalue weighted by Gasteiger charge is -2.26. The van der Waals surface area contributed by atoms with Gasteiger partial charge in [0.1, 0.15) is 5.82 Å². The summed E-state index contributed by atoms with van der Waals surface area (Å²) in [4.78, 5) is 13.9. The highest BCUT2D eigenvalue weighted by Crippen LogP contribution is 2.18. The SMILES string of the molecule is O=C(CNc1ccc(F)c(Cl)c1)NCCN1CCOCC1. The molecule has 7 heteroatoms. The third-order valence-electron chi connectivity index (χ3n) is 3.23. The first-order valence-electron chi connectivity index (χ1n) is 6.91. The Hall–Kier alpha value is -1.37. The van der Waals surface area contributed by atoms with E-state index in [2.05, 4.69) is 15.5 Å². The molecule has 1 aliphatic heterocycles. The van der Waals surface area contributed by atoms with Crippen LogP contribution >= 0.6 is 11.6 Å². The predicted octanol–water partition coefficient (Wildman–Crippen LogP) is 1.34. The molecular formula is C14H19ClFN3O2. The van der Waals surface area contributed by atoms with Gasteiger partial charge in [0.15, 0.2) is 0 Å². The van der Waals surface area contributed by atoms with Gasteiger partial charge < -0.3 is 15.4 Å². The van der Waals surface area contributed by atoms with Crippen LogP contribution in [0.25, 0.3) is 0 Å². The van der Waals surface area contributed by atoms with Gasteiger partial charge in [-0.15, -0.1) is 0 Å². The molecule has 0 radical (unpaired) electrons. The molecule has 0 spiro atoms. The number of carbonyl (C=O) groups is 1.